The van der Waals surface area contributed by atoms with Crippen LogP contribution in [0.15, 0.2) is 59.7 Å². The minimum Gasteiger partial charge on any atom is -0.337 e. The van der Waals surface area contributed by atoms with Gasteiger partial charge in [-0.05, 0) is 43.0 Å². The summed E-state index contributed by atoms with van der Waals surface area (Å²) in [5.74, 6) is -0.0601. The maximum Gasteiger partial charge on any atom is 0.261 e. The molecule has 0 bridgehead atoms. The highest BCUT2D eigenvalue weighted by Gasteiger charge is 2.19. The van der Waals surface area contributed by atoms with Crippen molar-refractivity contribution in [3.05, 3.63) is 81.9 Å². The van der Waals surface area contributed by atoms with E-state index in [1.165, 1.54) is 27.6 Å². The molecule has 1 aromatic heterocycles. The second-order valence-electron chi connectivity index (χ2n) is 7.33. The van der Waals surface area contributed by atoms with Gasteiger partial charge in [-0.1, -0.05) is 48.0 Å². The first-order valence-corrected chi connectivity index (χ1v) is 9.51. The van der Waals surface area contributed by atoms with Crippen molar-refractivity contribution in [3.63, 3.8) is 0 Å². The highest BCUT2D eigenvalue weighted by Crippen LogP contribution is 2.22. The van der Waals surface area contributed by atoms with Crippen molar-refractivity contribution >= 4 is 22.4 Å². The van der Waals surface area contributed by atoms with Crippen LogP contribution in [0.25, 0.3) is 16.5 Å². The fourth-order valence-corrected chi connectivity index (χ4v) is 3.62. The van der Waals surface area contributed by atoms with E-state index in [-0.39, 0.29) is 18.0 Å². The first kappa shape index (κ1) is 18.2. The highest BCUT2D eigenvalue weighted by molar-refractivity contribution is 5.81. The lowest BCUT2D eigenvalue weighted by Crippen LogP contribution is -2.39. The SMILES string of the molecule is Cc1ccc(C2=CCN(C(=O)Cn3cnc4c(C)cccc4c3=O)CC2)cc1. The van der Waals surface area contributed by atoms with Gasteiger partial charge in [0.15, 0.2) is 0 Å². The second kappa shape index (κ2) is 7.43. The van der Waals surface area contributed by atoms with Gasteiger partial charge in [-0.3, -0.25) is 14.2 Å². The van der Waals surface area contributed by atoms with Gasteiger partial charge in [0.05, 0.1) is 17.2 Å². The van der Waals surface area contributed by atoms with E-state index < -0.39 is 0 Å². The summed E-state index contributed by atoms with van der Waals surface area (Å²) in [6, 6.07) is 14.0. The zero-order valence-electron chi connectivity index (χ0n) is 16.2. The highest BCUT2D eigenvalue weighted by atomic mass is 16.2. The van der Waals surface area contributed by atoms with E-state index >= 15 is 0 Å². The summed E-state index contributed by atoms with van der Waals surface area (Å²) in [5, 5.41) is 0.551. The molecule has 3 aromatic rings. The Bertz CT molecular complexity index is 1130. The summed E-state index contributed by atoms with van der Waals surface area (Å²) in [4.78, 5) is 31.6. The largest absolute Gasteiger partial charge is 0.337 e. The Morgan fingerprint density at radius 3 is 2.61 bits per heavy atom. The monoisotopic (exact) mass is 373 g/mol. The first-order valence-electron chi connectivity index (χ1n) is 9.51. The Kier molecular flexibility index (Phi) is 4.82. The third-order valence-electron chi connectivity index (χ3n) is 5.35. The van der Waals surface area contributed by atoms with Crippen LogP contribution < -0.4 is 5.56 Å². The maximum atomic E-state index is 12.7. The molecule has 28 heavy (non-hydrogen) atoms. The Morgan fingerprint density at radius 2 is 1.89 bits per heavy atom. The Hall–Kier alpha value is -3.21. The number of para-hydroxylation sites is 1. The van der Waals surface area contributed by atoms with Crippen LogP contribution in [-0.2, 0) is 11.3 Å². The van der Waals surface area contributed by atoms with Gasteiger partial charge in [-0.15, -0.1) is 0 Å². The number of hydrogen-bond acceptors (Lipinski definition) is 3. The minimum atomic E-state index is -0.171. The molecule has 0 saturated heterocycles. The van der Waals surface area contributed by atoms with Crippen molar-refractivity contribution in [3.8, 4) is 0 Å². The van der Waals surface area contributed by atoms with E-state index in [9.17, 15) is 9.59 Å². The Labute approximate surface area is 163 Å². The van der Waals surface area contributed by atoms with Gasteiger partial charge in [-0.2, -0.15) is 0 Å². The zero-order valence-corrected chi connectivity index (χ0v) is 16.2. The van der Waals surface area contributed by atoms with Crippen molar-refractivity contribution in [2.45, 2.75) is 26.8 Å². The predicted octanol–water partition coefficient (Wildman–Crippen LogP) is 3.33. The molecular formula is C23H23N3O2. The number of carbonyl (C=O) groups excluding carboxylic acids is 1. The first-order chi connectivity index (χ1) is 13.5. The summed E-state index contributed by atoms with van der Waals surface area (Å²) in [6.07, 6.45) is 4.41. The molecule has 4 rings (SSSR count). The van der Waals surface area contributed by atoms with Crippen LogP contribution in [0.4, 0.5) is 0 Å². The van der Waals surface area contributed by atoms with Crippen LogP contribution in [0.2, 0.25) is 0 Å². The number of hydrogen-bond donors (Lipinski definition) is 0. The van der Waals surface area contributed by atoms with Crippen molar-refractivity contribution in [2.24, 2.45) is 0 Å². The number of aromatic nitrogens is 2. The fraction of sp³-hybridized carbons (Fsp3) is 0.261. The number of carbonyl (C=O) groups is 1. The van der Waals surface area contributed by atoms with Gasteiger partial charge in [0.1, 0.15) is 6.54 Å². The van der Waals surface area contributed by atoms with Crippen molar-refractivity contribution in [1.82, 2.24) is 14.5 Å². The third-order valence-corrected chi connectivity index (χ3v) is 5.35. The van der Waals surface area contributed by atoms with E-state index in [0.29, 0.717) is 24.0 Å². The van der Waals surface area contributed by atoms with Crippen molar-refractivity contribution in [1.29, 1.82) is 0 Å². The molecule has 5 nitrogen and oxygen atoms in total. The maximum absolute atomic E-state index is 12.7. The van der Waals surface area contributed by atoms with Gasteiger partial charge in [-0.25, -0.2) is 4.98 Å². The van der Waals surface area contributed by atoms with Gasteiger partial charge >= 0.3 is 0 Å². The topological polar surface area (TPSA) is 55.2 Å². The number of aryl methyl sites for hydroxylation is 2. The van der Waals surface area contributed by atoms with E-state index in [2.05, 4.69) is 42.2 Å². The lowest BCUT2D eigenvalue weighted by molar-refractivity contribution is -0.131. The molecule has 0 radical (unpaired) electrons. The summed E-state index contributed by atoms with van der Waals surface area (Å²) >= 11 is 0. The molecule has 2 aromatic carbocycles. The molecule has 5 heteroatoms. The molecule has 0 N–H and O–H groups in total. The molecule has 0 fully saturated rings. The number of amides is 1. The van der Waals surface area contributed by atoms with Gasteiger partial charge in [0, 0.05) is 13.1 Å². The van der Waals surface area contributed by atoms with Crippen LogP contribution in [0, 0.1) is 13.8 Å². The molecule has 0 unspecified atom stereocenters. The van der Waals surface area contributed by atoms with Crippen LogP contribution in [0.5, 0.6) is 0 Å². The Morgan fingerprint density at radius 1 is 1.11 bits per heavy atom. The van der Waals surface area contributed by atoms with E-state index in [0.717, 1.165) is 12.0 Å². The fourth-order valence-electron chi connectivity index (χ4n) is 3.62. The molecule has 0 saturated carbocycles. The van der Waals surface area contributed by atoms with E-state index in [4.69, 9.17) is 0 Å². The molecule has 0 aliphatic carbocycles. The lowest BCUT2D eigenvalue weighted by atomic mass is 9.98. The summed E-state index contributed by atoms with van der Waals surface area (Å²) in [5.41, 5.74) is 5.20. The van der Waals surface area contributed by atoms with Crippen LogP contribution >= 0.6 is 0 Å². The predicted molar refractivity (Wildman–Crippen MR) is 111 cm³/mol. The molecule has 0 spiro atoms. The molecular weight excluding hydrogens is 350 g/mol. The summed E-state index contributed by atoms with van der Waals surface area (Å²) in [6.45, 7) is 5.24. The molecule has 142 valence electrons. The third kappa shape index (κ3) is 3.48. The van der Waals surface area contributed by atoms with Gasteiger partial charge in [0.25, 0.3) is 5.56 Å². The number of fused-ring (bicyclic) bond motifs is 1. The zero-order chi connectivity index (χ0) is 19.7. The molecule has 1 aliphatic rings. The molecule has 1 amide bonds. The van der Waals surface area contributed by atoms with Gasteiger partial charge < -0.3 is 4.90 Å². The average Bonchev–Trinajstić information content (AvgIpc) is 2.71. The Balaban J connectivity index is 1.49. The molecule has 1 aliphatic heterocycles. The number of rotatable bonds is 3. The number of nitrogens with zero attached hydrogens (tertiary/aromatic N) is 3. The van der Waals surface area contributed by atoms with Crippen molar-refractivity contribution < 1.29 is 4.79 Å². The smallest absolute Gasteiger partial charge is 0.261 e. The van der Waals surface area contributed by atoms with Gasteiger partial charge in [0.2, 0.25) is 5.91 Å². The van der Waals surface area contributed by atoms with Crippen molar-refractivity contribution in [2.75, 3.05) is 13.1 Å². The van der Waals surface area contributed by atoms with E-state index in [1.54, 1.807) is 11.0 Å². The van der Waals surface area contributed by atoms with Crippen LogP contribution in [-0.4, -0.2) is 33.4 Å². The standard InChI is InChI=1S/C23H23N3O2/c1-16-6-8-18(9-7-16)19-10-12-25(13-11-19)21(27)14-26-15-24-22-17(2)4-3-5-20(22)23(26)28/h3-10,15H,11-14H2,1-2H3. The van der Waals surface area contributed by atoms with Crippen LogP contribution in [0.1, 0.15) is 23.1 Å². The van der Waals surface area contributed by atoms with E-state index in [1.807, 2.05) is 19.1 Å². The number of benzene rings is 2. The lowest BCUT2D eigenvalue weighted by Gasteiger charge is -2.27. The molecule has 2 heterocycles. The average molecular weight is 373 g/mol. The summed E-state index contributed by atoms with van der Waals surface area (Å²) < 4.78 is 1.41. The quantitative estimate of drug-likeness (QED) is 0.708. The minimum absolute atomic E-state index is 0.0173. The molecule has 0 atom stereocenters. The summed E-state index contributed by atoms with van der Waals surface area (Å²) in [7, 11) is 0. The second-order valence-corrected chi connectivity index (χ2v) is 7.33. The van der Waals surface area contributed by atoms with Crippen LogP contribution in [0.3, 0.4) is 0 Å². The normalized spacial score (nSPS) is 14.2.